The van der Waals surface area contributed by atoms with Crippen molar-refractivity contribution in [3.63, 3.8) is 0 Å². The summed E-state index contributed by atoms with van der Waals surface area (Å²) in [6, 6.07) is 9.92. The van der Waals surface area contributed by atoms with Crippen molar-refractivity contribution in [2.45, 2.75) is 12.3 Å². The monoisotopic (exact) mass is 297 g/mol. The fourth-order valence-corrected chi connectivity index (χ4v) is 2.68. The van der Waals surface area contributed by atoms with E-state index in [2.05, 4.69) is 0 Å². The van der Waals surface area contributed by atoms with Crippen LogP contribution < -0.4 is 0 Å². The molecule has 0 spiro atoms. The van der Waals surface area contributed by atoms with Crippen LogP contribution in [0.3, 0.4) is 0 Å². The van der Waals surface area contributed by atoms with E-state index in [4.69, 9.17) is 9.25 Å². The first kappa shape index (κ1) is 12.8. The summed E-state index contributed by atoms with van der Waals surface area (Å²) in [5, 5.41) is 0.546. The number of carbonyl (C=O) groups is 3. The minimum absolute atomic E-state index is 0.0438. The largest absolute Gasteiger partial charge is 0.469 e. The standard InChI is InChI=1S/C16H11NO5/c18-14-9-4-1-2-5-10(9)15(19)17(14)22-16(20)12-8-11(12)13-6-3-7-21-13/h1-7,11-12H,8H2/t11-,12-/m1/s1. The van der Waals surface area contributed by atoms with Gasteiger partial charge in [0.2, 0.25) is 0 Å². The number of furan rings is 1. The van der Waals surface area contributed by atoms with Crippen LogP contribution in [-0.2, 0) is 9.63 Å². The second-order valence-corrected chi connectivity index (χ2v) is 5.32. The normalized spacial score (nSPS) is 22.6. The van der Waals surface area contributed by atoms with Gasteiger partial charge < -0.3 is 9.25 Å². The Morgan fingerprint density at radius 1 is 1.09 bits per heavy atom. The van der Waals surface area contributed by atoms with Crippen LogP contribution in [0.5, 0.6) is 0 Å². The summed E-state index contributed by atoms with van der Waals surface area (Å²) in [5.41, 5.74) is 0.498. The van der Waals surface area contributed by atoms with Crippen molar-refractivity contribution in [2.75, 3.05) is 0 Å². The Morgan fingerprint density at radius 2 is 1.77 bits per heavy atom. The van der Waals surface area contributed by atoms with Gasteiger partial charge in [-0.05, 0) is 30.7 Å². The van der Waals surface area contributed by atoms with Gasteiger partial charge in [0.25, 0.3) is 11.8 Å². The van der Waals surface area contributed by atoms with E-state index in [0.29, 0.717) is 17.2 Å². The molecule has 2 aromatic rings. The average molecular weight is 297 g/mol. The highest BCUT2D eigenvalue weighted by atomic mass is 16.7. The van der Waals surface area contributed by atoms with Crippen molar-refractivity contribution < 1.29 is 23.6 Å². The molecule has 4 rings (SSSR count). The highest BCUT2D eigenvalue weighted by Gasteiger charge is 2.49. The molecule has 110 valence electrons. The van der Waals surface area contributed by atoms with E-state index in [-0.39, 0.29) is 23.0 Å². The Hall–Kier alpha value is -2.89. The molecule has 0 saturated heterocycles. The predicted molar refractivity (Wildman–Crippen MR) is 72.6 cm³/mol. The van der Waals surface area contributed by atoms with E-state index in [9.17, 15) is 14.4 Å². The molecule has 1 aromatic heterocycles. The average Bonchev–Trinajstić information content (AvgIpc) is 3.08. The third-order valence-electron chi connectivity index (χ3n) is 3.94. The lowest BCUT2D eigenvalue weighted by Crippen LogP contribution is -2.33. The van der Waals surface area contributed by atoms with Crippen molar-refractivity contribution in [3.05, 3.63) is 59.5 Å². The van der Waals surface area contributed by atoms with Gasteiger partial charge in [0.05, 0.1) is 23.3 Å². The molecule has 1 aliphatic heterocycles. The fourth-order valence-electron chi connectivity index (χ4n) is 2.68. The molecular weight excluding hydrogens is 286 g/mol. The molecule has 0 N–H and O–H groups in total. The van der Waals surface area contributed by atoms with Gasteiger partial charge in [-0.3, -0.25) is 9.59 Å². The molecule has 0 bridgehead atoms. The number of fused-ring (bicyclic) bond motifs is 1. The van der Waals surface area contributed by atoms with E-state index >= 15 is 0 Å². The number of hydrogen-bond acceptors (Lipinski definition) is 5. The lowest BCUT2D eigenvalue weighted by Gasteiger charge is -2.12. The molecule has 2 atom stereocenters. The van der Waals surface area contributed by atoms with Gasteiger partial charge in [-0.15, -0.1) is 0 Å². The van der Waals surface area contributed by atoms with Gasteiger partial charge in [-0.25, -0.2) is 4.79 Å². The van der Waals surface area contributed by atoms with Crippen molar-refractivity contribution in [1.29, 1.82) is 0 Å². The van der Waals surface area contributed by atoms with Crippen LogP contribution in [0.2, 0.25) is 0 Å². The van der Waals surface area contributed by atoms with Gasteiger partial charge in [0.1, 0.15) is 5.76 Å². The first-order valence-corrected chi connectivity index (χ1v) is 6.90. The maximum absolute atomic E-state index is 12.1. The lowest BCUT2D eigenvalue weighted by molar-refractivity contribution is -0.170. The van der Waals surface area contributed by atoms with E-state index in [1.807, 2.05) is 0 Å². The topological polar surface area (TPSA) is 76.8 Å². The second-order valence-electron chi connectivity index (χ2n) is 5.32. The van der Waals surface area contributed by atoms with Crippen LogP contribution in [0.15, 0.2) is 47.1 Å². The summed E-state index contributed by atoms with van der Waals surface area (Å²) >= 11 is 0. The van der Waals surface area contributed by atoms with Crippen LogP contribution in [0.1, 0.15) is 38.8 Å². The molecule has 2 heterocycles. The van der Waals surface area contributed by atoms with Gasteiger partial charge in [-0.1, -0.05) is 17.2 Å². The number of imide groups is 1. The van der Waals surface area contributed by atoms with Gasteiger partial charge in [0.15, 0.2) is 0 Å². The Bertz CT molecular complexity index is 745. The summed E-state index contributed by atoms with van der Waals surface area (Å²) < 4.78 is 5.25. The second kappa shape index (κ2) is 4.56. The van der Waals surface area contributed by atoms with Crippen LogP contribution in [-0.4, -0.2) is 22.8 Å². The summed E-state index contributed by atoms with van der Waals surface area (Å²) in [6.45, 7) is 0. The molecule has 2 aliphatic rings. The number of rotatable bonds is 3. The summed E-state index contributed by atoms with van der Waals surface area (Å²) in [7, 11) is 0. The first-order valence-electron chi connectivity index (χ1n) is 6.90. The minimum Gasteiger partial charge on any atom is -0.469 e. The highest BCUT2D eigenvalue weighted by molar-refractivity contribution is 6.20. The van der Waals surface area contributed by atoms with Crippen LogP contribution in [0.25, 0.3) is 0 Å². The number of nitrogens with zero attached hydrogens (tertiary/aromatic N) is 1. The third kappa shape index (κ3) is 1.84. The Labute approximate surface area is 125 Å². The quantitative estimate of drug-likeness (QED) is 0.811. The van der Waals surface area contributed by atoms with Crippen molar-refractivity contribution >= 4 is 17.8 Å². The van der Waals surface area contributed by atoms with Crippen LogP contribution in [0.4, 0.5) is 0 Å². The number of carbonyl (C=O) groups excluding carboxylic acids is 3. The molecule has 0 radical (unpaired) electrons. The molecule has 0 unspecified atom stereocenters. The number of hydrogen-bond donors (Lipinski definition) is 0. The Morgan fingerprint density at radius 3 is 2.36 bits per heavy atom. The van der Waals surface area contributed by atoms with Gasteiger partial charge in [0, 0.05) is 5.92 Å². The predicted octanol–water partition coefficient (Wildman–Crippen LogP) is 2.14. The molecule has 1 saturated carbocycles. The summed E-state index contributed by atoms with van der Waals surface area (Å²) in [4.78, 5) is 41.3. The summed E-state index contributed by atoms with van der Waals surface area (Å²) in [6.07, 6.45) is 2.13. The fraction of sp³-hybridized carbons (Fsp3) is 0.188. The van der Waals surface area contributed by atoms with Crippen LogP contribution >= 0.6 is 0 Å². The maximum Gasteiger partial charge on any atom is 0.337 e. The molecule has 22 heavy (non-hydrogen) atoms. The third-order valence-corrected chi connectivity index (χ3v) is 3.94. The molecule has 6 heteroatoms. The van der Waals surface area contributed by atoms with Gasteiger partial charge in [-0.2, -0.15) is 0 Å². The van der Waals surface area contributed by atoms with Crippen molar-refractivity contribution in [1.82, 2.24) is 5.06 Å². The highest BCUT2D eigenvalue weighted by Crippen LogP contribution is 2.48. The van der Waals surface area contributed by atoms with E-state index in [1.54, 1.807) is 30.5 Å². The molecule has 1 aliphatic carbocycles. The number of benzene rings is 1. The van der Waals surface area contributed by atoms with E-state index in [1.165, 1.54) is 12.1 Å². The maximum atomic E-state index is 12.1. The van der Waals surface area contributed by atoms with E-state index < -0.39 is 17.8 Å². The molecular formula is C16H11NO5. The Balaban J connectivity index is 1.48. The van der Waals surface area contributed by atoms with Crippen molar-refractivity contribution in [2.24, 2.45) is 5.92 Å². The minimum atomic E-state index is -0.607. The molecule has 1 fully saturated rings. The zero-order chi connectivity index (χ0) is 15.3. The molecule has 6 nitrogen and oxygen atoms in total. The van der Waals surface area contributed by atoms with Crippen LogP contribution in [0, 0.1) is 5.92 Å². The summed E-state index contributed by atoms with van der Waals surface area (Å²) in [5.74, 6) is -1.51. The number of amides is 2. The Kier molecular flexibility index (Phi) is 2.66. The lowest BCUT2D eigenvalue weighted by atomic mass is 10.1. The zero-order valence-corrected chi connectivity index (χ0v) is 11.4. The van der Waals surface area contributed by atoms with Gasteiger partial charge >= 0.3 is 5.97 Å². The number of hydroxylamine groups is 2. The molecule has 2 amide bonds. The zero-order valence-electron chi connectivity index (χ0n) is 11.4. The van der Waals surface area contributed by atoms with E-state index in [0.717, 1.165) is 0 Å². The smallest absolute Gasteiger partial charge is 0.337 e. The SMILES string of the molecule is O=C(ON1C(=O)c2ccccc2C1=O)[C@@H]1C[C@H]1c1ccco1. The molecule has 1 aromatic carbocycles. The van der Waals surface area contributed by atoms with Crippen molar-refractivity contribution in [3.8, 4) is 0 Å². The first-order chi connectivity index (χ1) is 10.7.